The molecule has 2 N–H and O–H groups in total. The second kappa shape index (κ2) is 6.88. The predicted molar refractivity (Wildman–Crippen MR) is 101 cm³/mol. The van der Waals surface area contributed by atoms with Crippen LogP contribution < -0.4 is 0 Å². The summed E-state index contributed by atoms with van der Waals surface area (Å²) in [5.74, 6) is 0.768. The van der Waals surface area contributed by atoms with Crippen molar-refractivity contribution in [2.45, 2.75) is 66.2 Å². The highest BCUT2D eigenvalue weighted by atomic mass is 16.3. The third kappa shape index (κ3) is 3.28. The Hall–Kier alpha value is -1.96. The normalized spacial score (nSPS) is 11.8. The minimum absolute atomic E-state index is 0.136. The molecule has 0 aromatic heterocycles. The van der Waals surface area contributed by atoms with Crippen molar-refractivity contribution in [3.63, 3.8) is 0 Å². The lowest BCUT2D eigenvalue weighted by Gasteiger charge is -2.33. The van der Waals surface area contributed by atoms with Crippen molar-refractivity contribution in [2.24, 2.45) is 0 Å². The monoisotopic (exact) mass is 326 g/mol. The van der Waals surface area contributed by atoms with Crippen LogP contribution in [0.3, 0.4) is 0 Å². The fourth-order valence-electron chi connectivity index (χ4n) is 3.53. The summed E-state index contributed by atoms with van der Waals surface area (Å²) in [7, 11) is 0. The standard InChI is InChI=1S/C22H30O2/c1-7-8-9-22(6,18-10-14(2)20(23)15(3)11-18)19-12-16(4)21(24)17(5)13-19/h10-13,23-24H,7-9H2,1-6H3. The van der Waals surface area contributed by atoms with E-state index in [1.165, 1.54) is 11.1 Å². The molecule has 130 valence electrons. The van der Waals surface area contributed by atoms with Crippen molar-refractivity contribution < 1.29 is 10.2 Å². The number of rotatable bonds is 5. The zero-order chi connectivity index (χ0) is 18.1. The minimum Gasteiger partial charge on any atom is -0.507 e. The van der Waals surface area contributed by atoms with Gasteiger partial charge in [-0.1, -0.05) is 51.0 Å². The average molecular weight is 326 g/mol. The van der Waals surface area contributed by atoms with Gasteiger partial charge in [-0.3, -0.25) is 0 Å². The van der Waals surface area contributed by atoms with E-state index in [1.54, 1.807) is 0 Å². The van der Waals surface area contributed by atoms with Gasteiger partial charge in [0.15, 0.2) is 0 Å². The van der Waals surface area contributed by atoms with E-state index in [1.807, 2.05) is 27.7 Å². The van der Waals surface area contributed by atoms with Gasteiger partial charge in [0.1, 0.15) is 11.5 Å². The van der Waals surface area contributed by atoms with E-state index in [0.29, 0.717) is 11.5 Å². The van der Waals surface area contributed by atoms with Crippen LogP contribution in [-0.4, -0.2) is 10.2 Å². The number of phenolic OH excluding ortho intramolecular Hbond substituents is 2. The highest BCUT2D eigenvalue weighted by Gasteiger charge is 2.30. The van der Waals surface area contributed by atoms with Crippen LogP contribution in [0, 0.1) is 27.7 Å². The number of hydrogen-bond donors (Lipinski definition) is 2. The van der Waals surface area contributed by atoms with Gasteiger partial charge in [-0.2, -0.15) is 0 Å². The lowest BCUT2D eigenvalue weighted by molar-refractivity contribution is 0.458. The van der Waals surface area contributed by atoms with E-state index in [4.69, 9.17) is 0 Å². The van der Waals surface area contributed by atoms with E-state index in [0.717, 1.165) is 41.5 Å². The zero-order valence-corrected chi connectivity index (χ0v) is 15.8. The fourth-order valence-corrected chi connectivity index (χ4v) is 3.53. The maximum atomic E-state index is 10.1. The van der Waals surface area contributed by atoms with Crippen LogP contribution >= 0.6 is 0 Å². The number of phenols is 2. The van der Waals surface area contributed by atoms with Crippen LogP contribution in [0.5, 0.6) is 11.5 Å². The quantitative estimate of drug-likeness (QED) is 0.726. The summed E-state index contributed by atoms with van der Waals surface area (Å²) in [4.78, 5) is 0. The van der Waals surface area contributed by atoms with Crippen LogP contribution in [0.25, 0.3) is 0 Å². The van der Waals surface area contributed by atoms with Gasteiger partial charge in [-0.05, 0) is 67.5 Å². The maximum Gasteiger partial charge on any atom is 0.121 e. The predicted octanol–water partition coefficient (Wildman–Crippen LogP) is 5.83. The molecule has 2 heteroatoms. The molecule has 2 nitrogen and oxygen atoms in total. The molecule has 0 radical (unpaired) electrons. The van der Waals surface area contributed by atoms with Gasteiger partial charge >= 0.3 is 0 Å². The number of unbranched alkanes of at least 4 members (excludes halogenated alkanes) is 1. The summed E-state index contributed by atoms with van der Waals surface area (Å²) in [6, 6.07) is 8.43. The Morgan fingerprint density at radius 3 is 1.38 bits per heavy atom. The van der Waals surface area contributed by atoms with Gasteiger partial charge in [-0.25, -0.2) is 0 Å². The molecule has 0 fully saturated rings. The molecule has 0 heterocycles. The topological polar surface area (TPSA) is 40.5 Å². The van der Waals surface area contributed by atoms with Crippen LogP contribution in [0.15, 0.2) is 24.3 Å². The lowest BCUT2D eigenvalue weighted by Crippen LogP contribution is -2.24. The molecule has 0 bridgehead atoms. The molecular formula is C22H30O2. The molecule has 0 aliphatic rings. The van der Waals surface area contributed by atoms with Crippen molar-refractivity contribution in [3.8, 4) is 11.5 Å². The van der Waals surface area contributed by atoms with Crippen molar-refractivity contribution in [1.29, 1.82) is 0 Å². The summed E-state index contributed by atoms with van der Waals surface area (Å²) in [5.41, 5.74) is 5.99. The van der Waals surface area contributed by atoms with Crippen molar-refractivity contribution in [1.82, 2.24) is 0 Å². The molecule has 0 amide bonds. The van der Waals surface area contributed by atoms with Gasteiger partial charge < -0.3 is 10.2 Å². The molecule has 0 spiro atoms. The van der Waals surface area contributed by atoms with Crippen molar-refractivity contribution >= 4 is 0 Å². The molecule has 2 aromatic carbocycles. The Labute approximate surface area is 146 Å². The Morgan fingerprint density at radius 2 is 1.08 bits per heavy atom. The first-order valence-corrected chi connectivity index (χ1v) is 8.82. The van der Waals surface area contributed by atoms with Crippen LogP contribution in [0.1, 0.15) is 66.5 Å². The Bertz CT molecular complexity index is 640. The molecule has 0 aliphatic heterocycles. The molecule has 0 aliphatic carbocycles. The largest absolute Gasteiger partial charge is 0.507 e. The van der Waals surface area contributed by atoms with E-state index in [-0.39, 0.29) is 5.41 Å². The SMILES string of the molecule is CCCCC(C)(c1cc(C)c(O)c(C)c1)c1cc(C)c(O)c(C)c1. The summed E-state index contributed by atoms with van der Waals surface area (Å²) < 4.78 is 0. The first-order chi connectivity index (χ1) is 11.2. The number of aryl methyl sites for hydroxylation is 4. The highest BCUT2D eigenvalue weighted by Crippen LogP contribution is 2.41. The Kier molecular flexibility index (Phi) is 5.27. The number of hydrogen-bond acceptors (Lipinski definition) is 2. The fraction of sp³-hybridized carbons (Fsp3) is 0.455. The Balaban J connectivity index is 2.67. The van der Waals surface area contributed by atoms with E-state index < -0.39 is 0 Å². The smallest absolute Gasteiger partial charge is 0.121 e. The molecule has 0 unspecified atom stereocenters. The van der Waals surface area contributed by atoms with Crippen LogP contribution in [0.4, 0.5) is 0 Å². The van der Waals surface area contributed by atoms with Gasteiger partial charge in [0.25, 0.3) is 0 Å². The summed E-state index contributed by atoms with van der Waals surface area (Å²) in [5, 5.41) is 20.3. The third-order valence-corrected chi connectivity index (χ3v) is 5.29. The number of aromatic hydroxyl groups is 2. The Morgan fingerprint density at radius 1 is 0.750 bits per heavy atom. The zero-order valence-electron chi connectivity index (χ0n) is 15.8. The highest BCUT2D eigenvalue weighted by molar-refractivity contribution is 5.51. The summed E-state index contributed by atoms with van der Waals surface area (Å²) >= 11 is 0. The van der Waals surface area contributed by atoms with Gasteiger partial charge in [0, 0.05) is 5.41 Å². The van der Waals surface area contributed by atoms with Crippen molar-refractivity contribution in [3.05, 3.63) is 57.6 Å². The van der Waals surface area contributed by atoms with E-state index in [2.05, 4.69) is 38.1 Å². The molecular weight excluding hydrogens is 296 g/mol. The lowest BCUT2D eigenvalue weighted by atomic mass is 9.71. The third-order valence-electron chi connectivity index (χ3n) is 5.29. The van der Waals surface area contributed by atoms with Crippen LogP contribution in [-0.2, 0) is 5.41 Å². The van der Waals surface area contributed by atoms with Gasteiger partial charge in [0.05, 0.1) is 0 Å². The molecule has 0 atom stereocenters. The van der Waals surface area contributed by atoms with E-state index in [9.17, 15) is 10.2 Å². The van der Waals surface area contributed by atoms with Gasteiger partial charge in [0.2, 0.25) is 0 Å². The second-order valence-electron chi connectivity index (χ2n) is 7.35. The first-order valence-electron chi connectivity index (χ1n) is 8.82. The number of benzene rings is 2. The van der Waals surface area contributed by atoms with Crippen molar-refractivity contribution in [2.75, 3.05) is 0 Å². The second-order valence-corrected chi connectivity index (χ2v) is 7.35. The van der Waals surface area contributed by atoms with Crippen LogP contribution in [0.2, 0.25) is 0 Å². The summed E-state index contributed by atoms with van der Waals surface area (Å²) in [6.45, 7) is 12.3. The first kappa shape index (κ1) is 18.4. The summed E-state index contributed by atoms with van der Waals surface area (Å²) in [6.07, 6.45) is 3.31. The van der Waals surface area contributed by atoms with Gasteiger partial charge in [-0.15, -0.1) is 0 Å². The average Bonchev–Trinajstić information content (AvgIpc) is 2.54. The molecule has 2 aromatic rings. The molecule has 0 saturated carbocycles. The maximum absolute atomic E-state index is 10.1. The minimum atomic E-state index is -0.136. The molecule has 24 heavy (non-hydrogen) atoms. The molecule has 2 rings (SSSR count). The van der Waals surface area contributed by atoms with E-state index >= 15 is 0 Å². The molecule has 0 saturated heterocycles.